The number of hydrogen-bond donors (Lipinski definition) is 0. The van der Waals surface area contributed by atoms with Gasteiger partial charge < -0.3 is 4.74 Å². The van der Waals surface area contributed by atoms with Crippen LogP contribution in [0.5, 0.6) is 0 Å². The van der Waals surface area contributed by atoms with Crippen LogP contribution in [0.15, 0.2) is 30.3 Å². The smallest absolute Gasteiger partial charge is 0.308 e. The molecule has 1 heterocycles. The highest BCUT2D eigenvalue weighted by Gasteiger charge is 2.28. The third-order valence-electron chi connectivity index (χ3n) is 3.96. The van der Waals surface area contributed by atoms with Crippen LogP contribution in [0.2, 0.25) is 0 Å². The predicted molar refractivity (Wildman–Crippen MR) is 75.7 cm³/mol. The van der Waals surface area contributed by atoms with Crippen molar-refractivity contribution >= 4 is 5.97 Å². The summed E-state index contributed by atoms with van der Waals surface area (Å²) >= 11 is 0. The molecule has 3 heteroatoms. The first-order valence-electron chi connectivity index (χ1n) is 7.06. The SMILES string of the molecule is COC(=O)C(C)CC1CCCN1Cc1ccccc1. The number of benzene rings is 1. The largest absolute Gasteiger partial charge is 0.469 e. The Bertz CT molecular complexity index is 404. The standard InChI is InChI=1S/C16H23NO2/c1-13(16(18)19-2)11-15-9-6-10-17(15)12-14-7-4-3-5-8-14/h3-5,7-8,13,15H,6,9-12H2,1-2H3. The van der Waals surface area contributed by atoms with Crippen LogP contribution < -0.4 is 0 Å². The van der Waals surface area contributed by atoms with Gasteiger partial charge in [0.2, 0.25) is 0 Å². The molecule has 2 unspecified atom stereocenters. The number of carbonyl (C=O) groups excluding carboxylic acids is 1. The average molecular weight is 261 g/mol. The van der Waals surface area contributed by atoms with Gasteiger partial charge in [-0.3, -0.25) is 9.69 Å². The molecular formula is C16H23NO2. The van der Waals surface area contributed by atoms with E-state index in [1.807, 2.05) is 13.0 Å². The summed E-state index contributed by atoms with van der Waals surface area (Å²) in [6.07, 6.45) is 3.32. The lowest BCUT2D eigenvalue weighted by Gasteiger charge is -2.26. The van der Waals surface area contributed by atoms with Gasteiger partial charge in [-0.15, -0.1) is 0 Å². The first-order chi connectivity index (χ1) is 9.20. The van der Waals surface area contributed by atoms with Crippen LogP contribution in [0.3, 0.4) is 0 Å². The summed E-state index contributed by atoms with van der Waals surface area (Å²) in [5.74, 6) is -0.0991. The Labute approximate surface area is 115 Å². The molecule has 1 fully saturated rings. The van der Waals surface area contributed by atoms with Crippen LogP contribution in [0.4, 0.5) is 0 Å². The minimum absolute atomic E-state index is 0.00799. The minimum Gasteiger partial charge on any atom is -0.469 e. The second-order valence-corrected chi connectivity index (χ2v) is 5.41. The van der Waals surface area contributed by atoms with Crippen LogP contribution in [-0.2, 0) is 16.1 Å². The second-order valence-electron chi connectivity index (χ2n) is 5.41. The molecule has 0 aromatic heterocycles. The summed E-state index contributed by atoms with van der Waals surface area (Å²) in [7, 11) is 1.47. The van der Waals surface area contributed by atoms with E-state index in [9.17, 15) is 4.79 Å². The quantitative estimate of drug-likeness (QED) is 0.763. The number of carbonyl (C=O) groups is 1. The molecule has 1 saturated heterocycles. The van der Waals surface area contributed by atoms with Crippen LogP contribution in [0.1, 0.15) is 31.7 Å². The van der Waals surface area contributed by atoms with E-state index in [4.69, 9.17) is 4.74 Å². The zero-order chi connectivity index (χ0) is 13.7. The van der Waals surface area contributed by atoms with Crippen LogP contribution >= 0.6 is 0 Å². The molecule has 2 atom stereocenters. The molecule has 2 rings (SSSR count). The van der Waals surface area contributed by atoms with Gasteiger partial charge in [0, 0.05) is 12.6 Å². The summed E-state index contributed by atoms with van der Waals surface area (Å²) in [5.41, 5.74) is 1.35. The van der Waals surface area contributed by atoms with Gasteiger partial charge in [0.05, 0.1) is 13.0 Å². The Hall–Kier alpha value is -1.35. The molecule has 19 heavy (non-hydrogen) atoms. The second kappa shape index (κ2) is 6.71. The highest BCUT2D eigenvalue weighted by molar-refractivity contribution is 5.71. The maximum atomic E-state index is 11.5. The predicted octanol–water partition coefficient (Wildman–Crippen LogP) is 2.85. The van der Waals surface area contributed by atoms with E-state index >= 15 is 0 Å². The summed E-state index contributed by atoms with van der Waals surface area (Å²) in [4.78, 5) is 14.0. The van der Waals surface area contributed by atoms with Crippen LogP contribution in [0, 0.1) is 5.92 Å². The van der Waals surface area contributed by atoms with Crippen molar-refractivity contribution < 1.29 is 9.53 Å². The number of likely N-dealkylation sites (tertiary alicyclic amines) is 1. The van der Waals surface area contributed by atoms with Gasteiger partial charge in [-0.2, -0.15) is 0 Å². The number of hydrogen-bond acceptors (Lipinski definition) is 3. The molecule has 0 aliphatic carbocycles. The lowest BCUT2D eigenvalue weighted by atomic mass is 10.00. The maximum absolute atomic E-state index is 11.5. The molecule has 0 N–H and O–H groups in total. The molecule has 1 aliphatic rings. The van der Waals surface area contributed by atoms with Gasteiger partial charge in [-0.05, 0) is 31.4 Å². The van der Waals surface area contributed by atoms with Crippen molar-refractivity contribution in [2.75, 3.05) is 13.7 Å². The van der Waals surface area contributed by atoms with Gasteiger partial charge in [-0.25, -0.2) is 0 Å². The van der Waals surface area contributed by atoms with Gasteiger partial charge in [0.25, 0.3) is 0 Å². The summed E-state index contributed by atoms with van der Waals surface area (Å²) in [6, 6.07) is 11.0. The minimum atomic E-state index is -0.0911. The molecule has 0 radical (unpaired) electrons. The third-order valence-corrected chi connectivity index (χ3v) is 3.96. The number of ether oxygens (including phenoxy) is 1. The Kier molecular flexibility index (Phi) is 4.97. The monoisotopic (exact) mass is 261 g/mol. The highest BCUT2D eigenvalue weighted by Crippen LogP contribution is 2.25. The van der Waals surface area contributed by atoms with E-state index in [-0.39, 0.29) is 11.9 Å². The van der Waals surface area contributed by atoms with Gasteiger partial charge in [-0.1, -0.05) is 37.3 Å². The lowest BCUT2D eigenvalue weighted by molar-refractivity contribution is -0.145. The number of rotatable bonds is 5. The fourth-order valence-corrected chi connectivity index (χ4v) is 2.89. The lowest BCUT2D eigenvalue weighted by Crippen LogP contribution is -2.32. The van der Waals surface area contributed by atoms with Crippen LogP contribution in [-0.4, -0.2) is 30.6 Å². The Morgan fingerprint density at radius 1 is 1.42 bits per heavy atom. The molecule has 1 aromatic rings. The van der Waals surface area contributed by atoms with Gasteiger partial charge in [0.1, 0.15) is 0 Å². The zero-order valence-electron chi connectivity index (χ0n) is 11.8. The van der Waals surface area contributed by atoms with Crippen molar-refractivity contribution in [3.05, 3.63) is 35.9 Å². The third kappa shape index (κ3) is 3.80. The fraction of sp³-hybridized carbons (Fsp3) is 0.562. The van der Waals surface area contributed by atoms with E-state index in [1.165, 1.54) is 25.5 Å². The van der Waals surface area contributed by atoms with E-state index < -0.39 is 0 Å². The molecule has 0 saturated carbocycles. The number of esters is 1. The number of nitrogens with zero attached hydrogens (tertiary/aromatic N) is 1. The van der Waals surface area contributed by atoms with Gasteiger partial charge >= 0.3 is 5.97 Å². The van der Waals surface area contributed by atoms with E-state index in [1.54, 1.807) is 0 Å². The topological polar surface area (TPSA) is 29.5 Å². The fourth-order valence-electron chi connectivity index (χ4n) is 2.89. The molecule has 1 aliphatic heterocycles. The molecule has 0 bridgehead atoms. The van der Waals surface area contributed by atoms with Crippen molar-refractivity contribution in [3.63, 3.8) is 0 Å². The normalized spacial score (nSPS) is 21.3. The summed E-state index contributed by atoms with van der Waals surface area (Å²) in [5, 5.41) is 0. The van der Waals surface area contributed by atoms with Crippen molar-refractivity contribution in [2.45, 2.75) is 38.8 Å². The first kappa shape index (κ1) is 14.1. The van der Waals surface area contributed by atoms with Crippen molar-refractivity contribution in [2.24, 2.45) is 5.92 Å². The molecule has 0 spiro atoms. The summed E-state index contributed by atoms with van der Waals surface area (Å²) in [6.45, 7) is 4.08. The maximum Gasteiger partial charge on any atom is 0.308 e. The van der Waals surface area contributed by atoms with Crippen molar-refractivity contribution in [1.29, 1.82) is 0 Å². The Morgan fingerprint density at radius 3 is 2.84 bits per heavy atom. The van der Waals surface area contributed by atoms with E-state index in [2.05, 4.69) is 29.2 Å². The Balaban J connectivity index is 1.92. The van der Waals surface area contributed by atoms with Gasteiger partial charge in [0.15, 0.2) is 0 Å². The van der Waals surface area contributed by atoms with E-state index in [0.29, 0.717) is 6.04 Å². The number of methoxy groups -OCH3 is 1. The molecule has 0 amide bonds. The molecule has 104 valence electrons. The Morgan fingerprint density at radius 2 is 2.16 bits per heavy atom. The van der Waals surface area contributed by atoms with Crippen molar-refractivity contribution in [1.82, 2.24) is 4.90 Å². The molecular weight excluding hydrogens is 238 g/mol. The van der Waals surface area contributed by atoms with Crippen molar-refractivity contribution in [3.8, 4) is 0 Å². The first-order valence-corrected chi connectivity index (χ1v) is 7.06. The highest BCUT2D eigenvalue weighted by atomic mass is 16.5. The van der Waals surface area contributed by atoms with E-state index in [0.717, 1.165) is 19.5 Å². The molecule has 3 nitrogen and oxygen atoms in total. The average Bonchev–Trinajstić information content (AvgIpc) is 2.86. The molecule has 1 aromatic carbocycles. The van der Waals surface area contributed by atoms with Crippen LogP contribution in [0.25, 0.3) is 0 Å². The summed E-state index contributed by atoms with van der Waals surface area (Å²) < 4.78 is 4.82. The zero-order valence-corrected chi connectivity index (χ0v) is 11.8.